The van der Waals surface area contributed by atoms with Crippen LogP contribution in [0.5, 0.6) is 5.75 Å². The van der Waals surface area contributed by atoms with E-state index in [-0.39, 0.29) is 11.7 Å². The van der Waals surface area contributed by atoms with Gasteiger partial charge in [0.05, 0.1) is 0 Å². The molecule has 0 spiro atoms. The van der Waals surface area contributed by atoms with E-state index in [0.29, 0.717) is 17.1 Å². The van der Waals surface area contributed by atoms with Crippen molar-refractivity contribution in [3.05, 3.63) is 59.7 Å². The summed E-state index contributed by atoms with van der Waals surface area (Å²) in [6.45, 7) is 0. The smallest absolute Gasteiger partial charge is 0.255 e. The fraction of sp³-hybridized carbons (Fsp3) is 0.0714. The van der Waals surface area contributed by atoms with E-state index >= 15 is 0 Å². The summed E-state index contributed by atoms with van der Waals surface area (Å²) in [6.07, 6.45) is 0. The zero-order chi connectivity index (χ0) is 13.0. The molecule has 3 nitrogen and oxygen atoms in total. The van der Waals surface area contributed by atoms with Gasteiger partial charge >= 0.3 is 0 Å². The standard InChI is InChI=1S/C14H12ClNO2/c15-9-11-4-1-2-7-13(11)16-14(18)10-5-3-6-12(17)8-10/h1-8,17H,9H2,(H,16,18). The minimum Gasteiger partial charge on any atom is -0.508 e. The third-order valence-corrected chi connectivity index (χ3v) is 2.81. The van der Waals surface area contributed by atoms with E-state index in [0.717, 1.165) is 5.56 Å². The zero-order valence-corrected chi connectivity index (χ0v) is 10.3. The highest BCUT2D eigenvalue weighted by Gasteiger charge is 2.08. The monoisotopic (exact) mass is 261 g/mol. The van der Waals surface area contributed by atoms with Gasteiger partial charge < -0.3 is 10.4 Å². The van der Waals surface area contributed by atoms with Crippen LogP contribution >= 0.6 is 11.6 Å². The molecular formula is C14H12ClNO2. The van der Waals surface area contributed by atoms with Gasteiger partial charge in [0.1, 0.15) is 5.75 Å². The second-order valence-corrected chi connectivity index (χ2v) is 4.06. The molecule has 0 heterocycles. The third-order valence-electron chi connectivity index (χ3n) is 2.52. The molecule has 0 bridgehead atoms. The number of hydrogen-bond acceptors (Lipinski definition) is 2. The number of halogens is 1. The number of carbonyl (C=O) groups excluding carboxylic acids is 1. The molecule has 2 aromatic rings. The predicted octanol–water partition coefficient (Wildman–Crippen LogP) is 3.38. The summed E-state index contributed by atoms with van der Waals surface area (Å²) < 4.78 is 0. The third kappa shape index (κ3) is 2.81. The van der Waals surface area contributed by atoms with Crippen molar-refractivity contribution in [2.24, 2.45) is 0 Å². The van der Waals surface area contributed by atoms with E-state index in [4.69, 9.17) is 11.6 Å². The van der Waals surface area contributed by atoms with Gasteiger partial charge in [0.25, 0.3) is 5.91 Å². The normalized spacial score (nSPS) is 10.1. The van der Waals surface area contributed by atoms with Crippen LogP contribution < -0.4 is 5.32 Å². The predicted molar refractivity (Wildman–Crippen MR) is 72.1 cm³/mol. The van der Waals surface area contributed by atoms with Gasteiger partial charge in [-0.1, -0.05) is 24.3 Å². The molecule has 92 valence electrons. The van der Waals surface area contributed by atoms with Crippen molar-refractivity contribution in [2.75, 3.05) is 5.32 Å². The minimum absolute atomic E-state index is 0.0632. The van der Waals surface area contributed by atoms with Crippen molar-refractivity contribution in [1.29, 1.82) is 0 Å². The number of para-hydroxylation sites is 1. The number of hydrogen-bond donors (Lipinski definition) is 2. The van der Waals surface area contributed by atoms with E-state index in [1.807, 2.05) is 18.2 Å². The molecule has 0 saturated heterocycles. The highest BCUT2D eigenvalue weighted by atomic mass is 35.5. The fourth-order valence-corrected chi connectivity index (χ4v) is 1.83. The fourth-order valence-electron chi connectivity index (χ4n) is 1.60. The molecule has 18 heavy (non-hydrogen) atoms. The Morgan fingerprint density at radius 2 is 1.94 bits per heavy atom. The molecule has 2 N–H and O–H groups in total. The molecule has 0 unspecified atom stereocenters. The summed E-state index contributed by atoms with van der Waals surface area (Å²) in [5.41, 5.74) is 1.94. The van der Waals surface area contributed by atoms with Gasteiger partial charge in [-0.25, -0.2) is 0 Å². The van der Waals surface area contributed by atoms with Gasteiger partial charge in [0.2, 0.25) is 0 Å². The van der Waals surface area contributed by atoms with Crippen LogP contribution in [-0.2, 0) is 5.88 Å². The van der Waals surface area contributed by atoms with Crippen molar-refractivity contribution in [3.63, 3.8) is 0 Å². The molecule has 0 atom stereocenters. The summed E-state index contributed by atoms with van der Waals surface area (Å²) >= 11 is 5.80. The van der Waals surface area contributed by atoms with Crippen LogP contribution in [-0.4, -0.2) is 11.0 Å². The average molecular weight is 262 g/mol. The Morgan fingerprint density at radius 1 is 1.17 bits per heavy atom. The zero-order valence-electron chi connectivity index (χ0n) is 9.56. The Bertz CT molecular complexity index is 569. The summed E-state index contributed by atoms with van der Waals surface area (Å²) in [5, 5.41) is 12.1. The lowest BCUT2D eigenvalue weighted by atomic mass is 10.1. The Kier molecular flexibility index (Phi) is 3.85. The van der Waals surface area contributed by atoms with Crippen LogP contribution in [0.2, 0.25) is 0 Å². The largest absolute Gasteiger partial charge is 0.508 e. The van der Waals surface area contributed by atoms with Gasteiger partial charge in [-0.05, 0) is 29.8 Å². The van der Waals surface area contributed by atoms with Crippen LogP contribution in [0.1, 0.15) is 15.9 Å². The number of anilines is 1. The lowest BCUT2D eigenvalue weighted by molar-refractivity contribution is 0.102. The topological polar surface area (TPSA) is 49.3 Å². The van der Waals surface area contributed by atoms with Crippen molar-refractivity contribution in [3.8, 4) is 5.75 Å². The van der Waals surface area contributed by atoms with Crippen LogP contribution in [0.4, 0.5) is 5.69 Å². The number of phenolic OH excluding ortho intramolecular Hbond substituents is 1. The molecule has 0 aliphatic heterocycles. The van der Waals surface area contributed by atoms with E-state index in [1.54, 1.807) is 18.2 Å². The molecule has 0 aliphatic carbocycles. The molecule has 0 saturated carbocycles. The van der Waals surface area contributed by atoms with Crippen LogP contribution in [0.15, 0.2) is 48.5 Å². The number of rotatable bonds is 3. The van der Waals surface area contributed by atoms with Crippen molar-refractivity contribution in [1.82, 2.24) is 0 Å². The van der Waals surface area contributed by atoms with Crippen LogP contribution in [0.25, 0.3) is 0 Å². The van der Waals surface area contributed by atoms with E-state index in [1.165, 1.54) is 12.1 Å². The Balaban J connectivity index is 2.21. The van der Waals surface area contributed by atoms with Gasteiger partial charge in [-0.3, -0.25) is 4.79 Å². The molecule has 0 radical (unpaired) electrons. The van der Waals surface area contributed by atoms with Crippen molar-refractivity contribution in [2.45, 2.75) is 5.88 Å². The van der Waals surface area contributed by atoms with E-state index in [9.17, 15) is 9.90 Å². The quantitative estimate of drug-likeness (QED) is 0.832. The molecule has 0 fully saturated rings. The highest BCUT2D eigenvalue weighted by Crippen LogP contribution is 2.19. The molecule has 4 heteroatoms. The minimum atomic E-state index is -0.275. The number of amides is 1. The molecule has 2 aromatic carbocycles. The number of alkyl halides is 1. The number of benzene rings is 2. The maximum atomic E-state index is 12.0. The number of phenols is 1. The van der Waals surface area contributed by atoms with Gasteiger partial charge in [0, 0.05) is 17.1 Å². The van der Waals surface area contributed by atoms with Crippen molar-refractivity contribution < 1.29 is 9.90 Å². The molecular weight excluding hydrogens is 250 g/mol. The lowest BCUT2D eigenvalue weighted by Gasteiger charge is -2.09. The first-order valence-electron chi connectivity index (χ1n) is 5.45. The molecule has 0 aromatic heterocycles. The Labute approximate surface area is 110 Å². The summed E-state index contributed by atoms with van der Waals surface area (Å²) in [7, 11) is 0. The Morgan fingerprint density at radius 3 is 2.67 bits per heavy atom. The number of carbonyl (C=O) groups is 1. The SMILES string of the molecule is O=C(Nc1ccccc1CCl)c1cccc(O)c1. The van der Waals surface area contributed by atoms with E-state index < -0.39 is 0 Å². The maximum absolute atomic E-state index is 12.0. The van der Waals surface area contributed by atoms with Gasteiger partial charge in [-0.2, -0.15) is 0 Å². The molecule has 1 amide bonds. The molecule has 0 aliphatic rings. The summed E-state index contributed by atoms with van der Waals surface area (Å²) in [5.74, 6) is 0.119. The average Bonchev–Trinajstić information content (AvgIpc) is 2.39. The van der Waals surface area contributed by atoms with E-state index in [2.05, 4.69) is 5.32 Å². The Hall–Kier alpha value is -2.00. The first-order valence-corrected chi connectivity index (χ1v) is 5.98. The second kappa shape index (κ2) is 5.56. The first-order chi connectivity index (χ1) is 8.70. The highest BCUT2D eigenvalue weighted by molar-refractivity contribution is 6.17. The van der Waals surface area contributed by atoms with Crippen LogP contribution in [0, 0.1) is 0 Å². The number of nitrogens with one attached hydrogen (secondary N) is 1. The first kappa shape index (κ1) is 12.5. The van der Waals surface area contributed by atoms with Crippen LogP contribution in [0.3, 0.4) is 0 Å². The lowest BCUT2D eigenvalue weighted by Crippen LogP contribution is -2.12. The number of aromatic hydroxyl groups is 1. The molecule has 2 rings (SSSR count). The second-order valence-electron chi connectivity index (χ2n) is 3.80. The maximum Gasteiger partial charge on any atom is 0.255 e. The van der Waals surface area contributed by atoms with Gasteiger partial charge in [-0.15, -0.1) is 11.6 Å². The summed E-state index contributed by atoms with van der Waals surface area (Å²) in [6, 6.07) is 13.5. The van der Waals surface area contributed by atoms with Gasteiger partial charge in [0.15, 0.2) is 0 Å². The summed E-state index contributed by atoms with van der Waals surface area (Å²) in [4.78, 5) is 12.0. The van der Waals surface area contributed by atoms with Crippen molar-refractivity contribution >= 4 is 23.2 Å².